The molecule has 0 amide bonds. The van der Waals surface area contributed by atoms with Crippen LogP contribution in [0.2, 0.25) is 0 Å². The van der Waals surface area contributed by atoms with E-state index in [1.54, 1.807) is 20.8 Å². The highest BCUT2D eigenvalue weighted by Crippen LogP contribution is 2.38. The van der Waals surface area contributed by atoms with Gasteiger partial charge in [0.15, 0.2) is 0 Å². The molecule has 1 saturated carbocycles. The van der Waals surface area contributed by atoms with E-state index >= 15 is 0 Å². The highest BCUT2D eigenvalue weighted by atomic mass is 32.2. The summed E-state index contributed by atoms with van der Waals surface area (Å²) in [6, 6.07) is 2.23. The fourth-order valence-electron chi connectivity index (χ4n) is 3.52. The molecule has 13 heteroatoms. The Morgan fingerprint density at radius 3 is 2.47 bits per heavy atom. The molecule has 2 heterocycles. The van der Waals surface area contributed by atoms with Gasteiger partial charge in [0.05, 0.1) is 28.0 Å². The SMILES string of the molecule is Cc1nc2sc(C(C)(C)O)nn2c1-c1ccc(C(F)(F)F)c(S(=O)(=O)N[C@H]2C[C@@H](O)C2)c1. The fourth-order valence-corrected chi connectivity index (χ4v) is 5.98. The van der Waals surface area contributed by atoms with Crippen LogP contribution in [0, 0.1) is 6.92 Å². The summed E-state index contributed by atoms with van der Waals surface area (Å²) in [5, 5.41) is 24.3. The van der Waals surface area contributed by atoms with Crippen molar-refractivity contribution < 1.29 is 31.8 Å². The van der Waals surface area contributed by atoms with Crippen LogP contribution in [0.4, 0.5) is 13.2 Å². The first-order valence-corrected chi connectivity index (χ1v) is 12.0. The van der Waals surface area contributed by atoms with E-state index in [4.69, 9.17) is 0 Å². The molecule has 4 rings (SSSR count). The van der Waals surface area contributed by atoms with Crippen LogP contribution in [0.3, 0.4) is 0 Å². The lowest BCUT2D eigenvalue weighted by molar-refractivity contribution is -0.139. The van der Waals surface area contributed by atoms with E-state index in [0.29, 0.717) is 21.4 Å². The number of aliphatic hydroxyl groups is 2. The molecule has 32 heavy (non-hydrogen) atoms. The van der Waals surface area contributed by atoms with E-state index in [9.17, 15) is 31.8 Å². The number of alkyl halides is 3. The molecule has 0 radical (unpaired) electrons. The second-order valence-corrected chi connectivity index (χ2v) is 11.0. The lowest BCUT2D eigenvalue weighted by atomic mass is 9.91. The van der Waals surface area contributed by atoms with Gasteiger partial charge in [-0.05, 0) is 45.7 Å². The molecule has 3 aromatic rings. The van der Waals surface area contributed by atoms with Gasteiger partial charge < -0.3 is 10.2 Å². The number of aromatic nitrogens is 3. The number of aryl methyl sites for hydroxylation is 1. The van der Waals surface area contributed by atoms with Crippen LogP contribution in [-0.2, 0) is 21.8 Å². The van der Waals surface area contributed by atoms with Gasteiger partial charge in [-0.2, -0.15) is 18.3 Å². The summed E-state index contributed by atoms with van der Waals surface area (Å²) in [5.74, 6) is 0. The van der Waals surface area contributed by atoms with Crippen LogP contribution in [0.1, 0.15) is 43.0 Å². The predicted molar refractivity (Wildman–Crippen MR) is 111 cm³/mol. The Morgan fingerprint density at radius 1 is 1.25 bits per heavy atom. The summed E-state index contributed by atoms with van der Waals surface area (Å²) < 4.78 is 70.2. The van der Waals surface area contributed by atoms with Crippen molar-refractivity contribution in [1.29, 1.82) is 0 Å². The molecule has 0 atom stereocenters. The van der Waals surface area contributed by atoms with E-state index in [1.165, 1.54) is 10.6 Å². The number of hydrogen-bond acceptors (Lipinski definition) is 7. The first-order valence-electron chi connectivity index (χ1n) is 9.68. The molecule has 1 aliphatic carbocycles. The highest BCUT2D eigenvalue weighted by molar-refractivity contribution is 7.89. The normalized spacial score (nSPS) is 20.0. The summed E-state index contributed by atoms with van der Waals surface area (Å²) in [6.07, 6.45) is -5.28. The average Bonchev–Trinajstić information content (AvgIpc) is 3.15. The topological polar surface area (TPSA) is 117 Å². The monoisotopic (exact) mass is 490 g/mol. The van der Waals surface area contributed by atoms with E-state index in [2.05, 4.69) is 14.8 Å². The van der Waals surface area contributed by atoms with Crippen molar-refractivity contribution in [3.63, 3.8) is 0 Å². The van der Waals surface area contributed by atoms with Crippen LogP contribution < -0.4 is 4.72 Å². The number of benzene rings is 1. The molecule has 8 nitrogen and oxygen atoms in total. The minimum Gasteiger partial charge on any atom is -0.393 e. The number of nitrogens with zero attached hydrogens (tertiary/aromatic N) is 3. The van der Waals surface area contributed by atoms with Crippen molar-refractivity contribution in [2.75, 3.05) is 0 Å². The van der Waals surface area contributed by atoms with E-state index in [0.717, 1.165) is 23.5 Å². The summed E-state index contributed by atoms with van der Waals surface area (Å²) in [6.45, 7) is 4.73. The Labute approximate surface area is 185 Å². The minimum absolute atomic E-state index is 0.140. The van der Waals surface area contributed by atoms with Crippen LogP contribution in [0.15, 0.2) is 23.1 Å². The molecule has 174 valence electrons. The van der Waals surface area contributed by atoms with Gasteiger partial charge in [0, 0.05) is 11.6 Å². The summed E-state index contributed by atoms with van der Waals surface area (Å²) in [7, 11) is -4.52. The molecule has 0 bridgehead atoms. The zero-order chi connectivity index (χ0) is 23.6. The van der Waals surface area contributed by atoms with Crippen molar-refractivity contribution in [1.82, 2.24) is 19.3 Å². The standard InChI is InChI=1S/C19H21F3N4O4S2/c1-9-15(26-17(23-9)31-16(24-26)18(2,3)28)10-4-5-13(19(20,21)22)14(6-10)32(29,30)25-11-7-12(27)8-11/h4-6,11-12,25,27-28H,7-8H2,1-3H3/t11-,12+. The number of imidazole rings is 1. The lowest BCUT2D eigenvalue weighted by Gasteiger charge is -2.32. The number of fused-ring (bicyclic) bond motifs is 1. The van der Waals surface area contributed by atoms with Crippen molar-refractivity contribution in [3.8, 4) is 11.3 Å². The van der Waals surface area contributed by atoms with Gasteiger partial charge in [0.2, 0.25) is 15.0 Å². The third kappa shape index (κ3) is 4.15. The van der Waals surface area contributed by atoms with Gasteiger partial charge in [-0.15, -0.1) is 0 Å². The Kier molecular flexibility index (Phi) is 5.41. The maximum Gasteiger partial charge on any atom is 0.417 e. The maximum absolute atomic E-state index is 13.6. The van der Waals surface area contributed by atoms with Crippen LogP contribution in [0.25, 0.3) is 16.2 Å². The van der Waals surface area contributed by atoms with Crippen molar-refractivity contribution in [3.05, 3.63) is 34.5 Å². The van der Waals surface area contributed by atoms with Gasteiger partial charge in [0.25, 0.3) is 0 Å². The molecule has 3 N–H and O–H groups in total. The summed E-state index contributed by atoms with van der Waals surface area (Å²) in [4.78, 5) is 3.87. The minimum atomic E-state index is -4.89. The zero-order valence-electron chi connectivity index (χ0n) is 17.3. The number of rotatable bonds is 5. The van der Waals surface area contributed by atoms with E-state index in [-0.39, 0.29) is 18.4 Å². The first-order chi connectivity index (χ1) is 14.7. The Bertz CT molecular complexity index is 1290. The summed E-state index contributed by atoms with van der Waals surface area (Å²) in [5.41, 5.74) is -1.57. The van der Waals surface area contributed by atoms with Gasteiger partial charge in [-0.25, -0.2) is 22.6 Å². The maximum atomic E-state index is 13.6. The zero-order valence-corrected chi connectivity index (χ0v) is 18.9. The fraction of sp³-hybridized carbons (Fsp3) is 0.474. The number of sulfonamides is 1. The molecule has 1 fully saturated rings. The van der Waals surface area contributed by atoms with Crippen molar-refractivity contribution in [2.45, 2.75) is 62.4 Å². The highest BCUT2D eigenvalue weighted by Gasteiger charge is 2.40. The van der Waals surface area contributed by atoms with E-state index < -0.39 is 44.4 Å². The summed E-state index contributed by atoms with van der Waals surface area (Å²) >= 11 is 1.13. The van der Waals surface area contributed by atoms with Gasteiger partial charge in [-0.1, -0.05) is 17.4 Å². The molecule has 0 aliphatic heterocycles. The molecule has 0 saturated heterocycles. The Hall–Kier alpha value is -2.06. The molecule has 0 unspecified atom stereocenters. The molecule has 1 aliphatic rings. The molecule has 2 aromatic heterocycles. The van der Waals surface area contributed by atoms with Gasteiger partial charge in [-0.3, -0.25) is 0 Å². The molecular weight excluding hydrogens is 469 g/mol. The predicted octanol–water partition coefficient (Wildman–Crippen LogP) is 2.81. The quantitative estimate of drug-likeness (QED) is 0.507. The smallest absolute Gasteiger partial charge is 0.393 e. The Balaban J connectivity index is 1.86. The van der Waals surface area contributed by atoms with Crippen LogP contribution >= 0.6 is 11.3 Å². The number of halogens is 3. The van der Waals surface area contributed by atoms with Gasteiger partial charge in [0.1, 0.15) is 10.6 Å². The second-order valence-electron chi connectivity index (χ2n) is 8.36. The lowest BCUT2D eigenvalue weighted by Crippen LogP contribution is -2.46. The van der Waals surface area contributed by atoms with Crippen molar-refractivity contribution in [2.24, 2.45) is 0 Å². The third-order valence-corrected chi connectivity index (χ3v) is 7.97. The number of hydrogen-bond donors (Lipinski definition) is 3. The Morgan fingerprint density at radius 2 is 1.91 bits per heavy atom. The van der Waals surface area contributed by atoms with Crippen molar-refractivity contribution >= 4 is 26.3 Å². The number of nitrogens with one attached hydrogen (secondary N) is 1. The second kappa shape index (κ2) is 7.48. The van der Waals surface area contributed by atoms with Crippen LogP contribution in [0.5, 0.6) is 0 Å². The molecule has 1 aromatic carbocycles. The number of aliphatic hydroxyl groups excluding tert-OH is 1. The molecular formula is C19H21F3N4O4S2. The van der Waals surface area contributed by atoms with E-state index in [1.807, 2.05) is 0 Å². The largest absolute Gasteiger partial charge is 0.417 e. The third-order valence-electron chi connectivity index (χ3n) is 5.19. The average molecular weight is 491 g/mol. The molecule has 0 spiro atoms. The van der Waals surface area contributed by atoms with Gasteiger partial charge >= 0.3 is 6.18 Å². The first kappa shape index (κ1) is 23.1. The van der Waals surface area contributed by atoms with Crippen LogP contribution in [-0.4, -0.2) is 45.4 Å².